The van der Waals surface area contributed by atoms with Crippen LogP contribution in [-0.2, 0) is 9.53 Å². The fourth-order valence-electron chi connectivity index (χ4n) is 3.11. The van der Waals surface area contributed by atoms with Gasteiger partial charge in [-0.25, -0.2) is 0 Å². The third-order valence-corrected chi connectivity index (χ3v) is 5.71. The van der Waals surface area contributed by atoms with Gasteiger partial charge in [0.05, 0.1) is 5.41 Å². The molecule has 0 radical (unpaired) electrons. The Labute approximate surface area is 132 Å². The lowest BCUT2D eigenvalue weighted by molar-refractivity contribution is -0.136. The van der Waals surface area contributed by atoms with Crippen LogP contribution in [-0.4, -0.2) is 43.2 Å². The zero-order valence-electron chi connectivity index (χ0n) is 12.2. The standard InChI is InChI=1S/C14H26N2O2S.ClH/c1-19-12-4-2-3-11(9-12)16-13(17)14(10-15)5-7-18-8-6-14;/h11-12H,2-10,15H2,1H3,(H,16,17);1H. The van der Waals surface area contributed by atoms with E-state index in [4.69, 9.17) is 10.5 Å². The monoisotopic (exact) mass is 322 g/mol. The quantitative estimate of drug-likeness (QED) is 0.830. The summed E-state index contributed by atoms with van der Waals surface area (Å²) in [6, 6.07) is 0.338. The van der Waals surface area contributed by atoms with Gasteiger partial charge in [0.1, 0.15) is 0 Å². The number of nitrogens with one attached hydrogen (secondary N) is 1. The van der Waals surface area contributed by atoms with E-state index in [1.54, 1.807) is 0 Å². The number of ether oxygens (including phenoxy) is 1. The van der Waals surface area contributed by atoms with Gasteiger partial charge in [0.2, 0.25) is 5.91 Å². The second kappa shape index (κ2) is 8.47. The maximum atomic E-state index is 12.6. The second-order valence-electron chi connectivity index (χ2n) is 5.79. The van der Waals surface area contributed by atoms with Crippen LogP contribution >= 0.6 is 24.2 Å². The zero-order valence-corrected chi connectivity index (χ0v) is 13.9. The van der Waals surface area contributed by atoms with Crippen molar-refractivity contribution < 1.29 is 9.53 Å². The van der Waals surface area contributed by atoms with Gasteiger partial charge in [-0.3, -0.25) is 4.79 Å². The first-order valence-corrected chi connectivity index (χ1v) is 8.60. The molecule has 0 aromatic rings. The average Bonchev–Trinajstić information content (AvgIpc) is 2.48. The summed E-state index contributed by atoms with van der Waals surface area (Å²) >= 11 is 1.92. The Balaban J connectivity index is 0.00000200. The Bertz CT molecular complexity index is 312. The average molecular weight is 323 g/mol. The van der Waals surface area contributed by atoms with Crippen molar-refractivity contribution in [2.75, 3.05) is 26.0 Å². The first-order chi connectivity index (χ1) is 9.20. The van der Waals surface area contributed by atoms with Crippen LogP contribution < -0.4 is 11.1 Å². The van der Waals surface area contributed by atoms with Gasteiger partial charge in [0.25, 0.3) is 0 Å². The van der Waals surface area contributed by atoms with Gasteiger partial charge in [-0.05, 0) is 38.4 Å². The summed E-state index contributed by atoms with van der Waals surface area (Å²) in [6.45, 7) is 1.74. The number of thioether (sulfide) groups is 1. The van der Waals surface area contributed by atoms with E-state index in [0.29, 0.717) is 31.1 Å². The molecule has 2 fully saturated rings. The molecule has 0 aromatic carbocycles. The first kappa shape index (κ1) is 18.1. The summed E-state index contributed by atoms with van der Waals surface area (Å²) in [7, 11) is 0. The van der Waals surface area contributed by atoms with Crippen LogP contribution in [0.4, 0.5) is 0 Å². The molecule has 1 amide bonds. The minimum absolute atomic E-state index is 0. The van der Waals surface area contributed by atoms with Crippen LogP contribution in [0.25, 0.3) is 0 Å². The van der Waals surface area contributed by atoms with Crippen molar-refractivity contribution in [1.29, 1.82) is 0 Å². The lowest BCUT2D eigenvalue weighted by atomic mass is 9.79. The predicted octanol–water partition coefficient (Wildman–Crippen LogP) is 1.95. The molecule has 1 saturated carbocycles. The summed E-state index contributed by atoms with van der Waals surface area (Å²) in [5, 5.41) is 3.95. The molecule has 0 aromatic heterocycles. The van der Waals surface area contributed by atoms with Crippen LogP contribution in [0.15, 0.2) is 0 Å². The van der Waals surface area contributed by atoms with E-state index in [-0.39, 0.29) is 23.7 Å². The lowest BCUT2D eigenvalue weighted by Gasteiger charge is -2.37. The van der Waals surface area contributed by atoms with Gasteiger partial charge in [-0.15, -0.1) is 12.4 Å². The highest BCUT2D eigenvalue weighted by Crippen LogP contribution is 2.31. The van der Waals surface area contributed by atoms with Crippen molar-refractivity contribution in [3.63, 3.8) is 0 Å². The van der Waals surface area contributed by atoms with Gasteiger partial charge in [0.15, 0.2) is 0 Å². The highest BCUT2D eigenvalue weighted by Gasteiger charge is 2.39. The summed E-state index contributed by atoms with van der Waals surface area (Å²) < 4.78 is 5.36. The molecular weight excluding hydrogens is 296 g/mol. The molecule has 2 aliphatic rings. The van der Waals surface area contributed by atoms with E-state index in [1.165, 1.54) is 12.8 Å². The van der Waals surface area contributed by atoms with Gasteiger partial charge >= 0.3 is 0 Å². The highest BCUT2D eigenvalue weighted by atomic mass is 35.5. The molecule has 1 aliphatic heterocycles. The van der Waals surface area contributed by atoms with Crippen LogP contribution in [0.3, 0.4) is 0 Å². The fourth-order valence-corrected chi connectivity index (χ4v) is 3.94. The minimum atomic E-state index is -0.384. The van der Waals surface area contributed by atoms with Gasteiger partial charge in [-0.2, -0.15) is 11.8 Å². The van der Waals surface area contributed by atoms with Gasteiger partial charge in [0, 0.05) is 31.1 Å². The Morgan fingerprint density at radius 3 is 2.70 bits per heavy atom. The van der Waals surface area contributed by atoms with E-state index in [0.717, 1.165) is 25.7 Å². The molecule has 1 saturated heterocycles. The normalized spacial score (nSPS) is 29.3. The van der Waals surface area contributed by atoms with E-state index in [9.17, 15) is 4.79 Å². The molecule has 2 unspecified atom stereocenters. The Kier molecular flexibility index (Phi) is 7.65. The minimum Gasteiger partial charge on any atom is -0.381 e. The van der Waals surface area contributed by atoms with Gasteiger partial charge in [-0.1, -0.05) is 6.42 Å². The molecule has 6 heteroatoms. The Morgan fingerprint density at radius 2 is 2.10 bits per heavy atom. The molecular formula is C14H27ClN2O2S. The zero-order chi connectivity index (χ0) is 13.7. The summed E-state index contributed by atoms with van der Waals surface area (Å²) in [6.07, 6.45) is 8.39. The Hall–Kier alpha value is 0.0300. The Morgan fingerprint density at radius 1 is 1.40 bits per heavy atom. The van der Waals surface area contributed by atoms with Crippen LogP contribution in [0.1, 0.15) is 38.5 Å². The van der Waals surface area contributed by atoms with Crippen LogP contribution in [0, 0.1) is 5.41 Å². The van der Waals surface area contributed by atoms with Crippen LogP contribution in [0.5, 0.6) is 0 Å². The predicted molar refractivity (Wildman–Crippen MR) is 86.5 cm³/mol. The van der Waals surface area contributed by atoms with Crippen molar-refractivity contribution in [3.05, 3.63) is 0 Å². The number of carbonyl (C=O) groups excluding carboxylic acids is 1. The van der Waals surface area contributed by atoms with Crippen molar-refractivity contribution in [2.24, 2.45) is 11.1 Å². The molecule has 1 heterocycles. The number of rotatable bonds is 4. The van der Waals surface area contributed by atoms with E-state index < -0.39 is 0 Å². The molecule has 0 bridgehead atoms. The van der Waals surface area contributed by atoms with E-state index in [2.05, 4.69) is 11.6 Å². The maximum Gasteiger partial charge on any atom is 0.227 e. The third kappa shape index (κ3) is 4.26. The smallest absolute Gasteiger partial charge is 0.227 e. The van der Waals surface area contributed by atoms with Gasteiger partial charge < -0.3 is 15.8 Å². The summed E-state index contributed by atoms with van der Waals surface area (Å²) in [5.41, 5.74) is 5.49. The number of hydrogen-bond donors (Lipinski definition) is 2. The van der Waals surface area contributed by atoms with Crippen molar-refractivity contribution in [1.82, 2.24) is 5.32 Å². The molecule has 20 heavy (non-hydrogen) atoms. The fraction of sp³-hybridized carbons (Fsp3) is 0.929. The third-order valence-electron chi connectivity index (χ3n) is 4.62. The summed E-state index contributed by atoms with van der Waals surface area (Å²) in [4.78, 5) is 12.6. The van der Waals surface area contributed by atoms with Crippen molar-refractivity contribution >= 4 is 30.1 Å². The largest absolute Gasteiger partial charge is 0.381 e. The first-order valence-electron chi connectivity index (χ1n) is 7.32. The summed E-state index contributed by atoms with van der Waals surface area (Å²) in [5.74, 6) is 0.157. The number of nitrogens with two attached hydrogens (primary N) is 1. The highest BCUT2D eigenvalue weighted by molar-refractivity contribution is 7.99. The molecule has 2 rings (SSSR count). The molecule has 1 aliphatic carbocycles. The van der Waals surface area contributed by atoms with E-state index in [1.807, 2.05) is 11.8 Å². The van der Waals surface area contributed by atoms with Crippen molar-refractivity contribution in [3.8, 4) is 0 Å². The molecule has 0 spiro atoms. The lowest BCUT2D eigenvalue weighted by Crippen LogP contribution is -2.52. The van der Waals surface area contributed by atoms with E-state index >= 15 is 0 Å². The number of hydrogen-bond acceptors (Lipinski definition) is 4. The molecule has 2 atom stereocenters. The molecule has 118 valence electrons. The molecule has 3 N–H and O–H groups in total. The number of halogens is 1. The SMILES string of the molecule is CSC1CCCC(NC(=O)C2(CN)CCOCC2)C1.Cl. The second-order valence-corrected chi connectivity index (χ2v) is 6.93. The maximum absolute atomic E-state index is 12.6. The van der Waals surface area contributed by atoms with Crippen LogP contribution in [0.2, 0.25) is 0 Å². The van der Waals surface area contributed by atoms with Crippen molar-refractivity contribution in [2.45, 2.75) is 49.8 Å². The molecule has 4 nitrogen and oxygen atoms in total. The number of amides is 1. The topological polar surface area (TPSA) is 64.4 Å². The number of carbonyl (C=O) groups is 1.